The maximum atomic E-state index is 11.2. The fourth-order valence-electron chi connectivity index (χ4n) is 1.94. The third-order valence-electron chi connectivity index (χ3n) is 3.01. The minimum absolute atomic E-state index is 0.466. The molecule has 0 saturated carbocycles. The van der Waals surface area contributed by atoms with Crippen molar-refractivity contribution in [2.24, 2.45) is 10.2 Å². The predicted octanol–water partition coefficient (Wildman–Crippen LogP) is 4.99. The summed E-state index contributed by atoms with van der Waals surface area (Å²) in [6, 6.07) is 20.1. The minimum Gasteiger partial charge on any atom is -0.448 e. The van der Waals surface area contributed by atoms with Gasteiger partial charge in [0, 0.05) is 6.07 Å². The van der Waals surface area contributed by atoms with Crippen LogP contribution < -0.4 is 4.90 Å². The van der Waals surface area contributed by atoms with Crippen LogP contribution in [-0.4, -0.2) is 6.41 Å². The highest BCUT2D eigenvalue weighted by Gasteiger charge is 2.10. The lowest BCUT2D eigenvalue weighted by molar-refractivity contribution is -0.107. The maximum Gasteiger partial charge on any atom is 0.221 e. The van der Waals surface area contributed by atoms with E-state index in [9.17, 15) is 4.79 Å². The molecule has 0 saturated heterocycles. The molecule has 0 unspecified atom stereocenters. The van der Waals surface area contributed by atoms with Gasteiger partial charge in [-0.1, -0.05) is 18.2 Å². The Morgan fingerprint density at radius 1 is 0.818 bits per heavy atom. The average molecular weight is 291 g/mol. The third kappa shape index (κ3) is 3.09. The quantitative estimate of drug-likeness (QED) is 0.491. The molecule has 0 fully saturated rings. The second kappa shape index (κ2) is 6.49. The highest BCUT2D eigenvalue weighted by Crippen LogP contribution is 2.26. The van der Waals surface area contributed by atoms with Crippen molar-refractivity contribution in [1.82, 2.24) is 0 Å². The second-order valence-corrected chi connectivity index (χ2v) is 4.48. The first-order valence-corrected chi connectivity index (χ1v) is 6.72. The molecule has 108 valence electrons. The molecular weight excluding hydrogens is 278 g/mol. The average Bonchev–Trinajstić information content (AvgIpc) is 3.10. The molecule has 1 heterocycles. The standard InChI is InChI=1S/C17H13N3O2/c21-13-20(17-7-4-12-22-17)16-10-8-15(9-11-16)19-18-14-5-2-1-3-6-14/h1-13H. The number of hydrogen-bond acceptors (Lipinski definition) is 4. The van der Waals surface area contributed by atoms with Gasteiger partial charge in [-0.3, -0.25) is 9.69 Å². The molecule has 0 aliphatic carbocycles. The van der Waals surface area contributed by atoms with Gasteiger partial charge in [0.25, 0.3) is 0 Å². The van der Waals surface area contributed by atoms with Crippen molar-refractivity contribution in [1.29, 1.82) is 0 Å². The fourth-order valence-corrected chi connectivity index (χ4v) is 1.94. The summed E-state index contributed by atoms with van der Waals surface area (Å²) < 4.78 is 5.23. The molecule has 0 bridgehead atoms. The summed E-state index contributed by atoms with van der Waals surface area (Å²) in [5.41, 5.74) is 2.19. The Balaban J connectivity index is 1.78. The van der Waals surface area contributed by atoms with Gasteiger partial charge in [0.05, 0.1) is 23.3 Å². The highest BCUT2D eigenvalue weighted by molar-refractivity contribution is 5.84. The first-order valence-electron chi connectivity index (χ1n) is 6.72. The molecule has 1 aromatic heterocycles. The maximum absolute atomic E-state index is 11.2. The molecule has 2 aromatic carbocycles. The van der Waals surface area contributed by atoms with Crippen molar-refractivity contribution < 1.29 is 9.21 Å². The first-order chi connectivity index (χ1) is 10.9. The van der Waals surface area contributed by atoms with Gasteiger partial charge >= 0.3 is 0 Å². The zero-order chi connectivity index (χ0) is 15.2. The Hall–Kier alpha value is -3.21. The van der Waals surface area contributed by atoms with Gasteiger partial charge in [-0.2, -0.15) is 10.2 Å². The number of azo groups is 1. The minimum atomic E-state index is 0.466. The molecule has 0 N–H and O–H groups in total. The van der Waals surface area contributed by atoms with E-state index in [1.165, 1.54) is 11.2 Å². The number of rotatable bonds is 5. The Labute approximate surface area is 127 Å². The number of carbonyl (C=O) groups is 1. The molecule has 1 amide bonds. The zero-order valence-corrected chi connectivity index (χ0v) is 11.7. The monoisotopic (exact) mass is 291 g/mol. The van der Waals surface area contributed by atoms with Crippen LogP contribution in [0.5, 0.6) is 0 Å². The van der Waals surface area contributed by atoms with E-state index in [1.54, 1.807) is 36.4 Å². The molecule has 5 heteroatoms. The van der Waals surface area contributed by atoms with E-state index in [1.807, 2.05) is 30.3 Å². The molecule has 5 nitrogen and oxygen atoms in total. The number of amides is 1. The second-order valence-electron chi connectivity index (χ2n) is 4.48. The number of furan rings is 1. The third-order valence-corrected chi connectivity index (χ3v) is 3.01. The largest absolute Gasteiger partial charge is 0.448 e. The van der Waals surface area contributed by atoms with Gasteiger partial charge in [-0.25, -0.2) is 0 Å². The highest BCUT2D eigenvalue weighted by atomic mass is 16.3. The van der Waals surface area contributed by atoms with Crippen LogP contribution in [0.3, 0.4) is 0 Å². The van der Waals surface area contributed by atoms with Crippen molar-refractivity contribution >= 4 is 29.4 Å². The van der Waals surface area contributed by atoms with Crippen LogP contribution in [0.15, 0.2) is 87.6 Å². The Bertz CT molecular complexity index is 750. The van der Waals surface area contributed by atoms with Crippen LogP contribution in [-0.2, 0) is 4.79 Å². The molecular formula is C17H13N3O2. The predicted molar refractivity (Wildman–Crippen MR) is 84.0 cm³/mol. The lowest BCUT2D eigenvalue weighted by atomic mass is 10.2. The van der Waals surface area contributed by atoms with Crippen LogP contribution in [0.2, 0.25) is 0 Å². The van der Waals surface area contributed by atoms with E-state index in [4.69, 9.17) is 4.42 Å². The van der Waals surface area contributed by atoms with Crippen molar-refractivity contribution in [3.8, 4) is 0 Å². The Morgan fingerprint density at radius 3 is 2.09 bits per heavy atom. The van der Waals surface area contributed by atoms with Gasteiger partial charge in [-0.05, 0) is 42.5 Å². The molecule has 0 aliphatic rings. The van der Waals surface area contributed by atoms with Crippen molar-refractivity contribution in [3.63, 3.8) is 0 Å². The number of nitrogens with zero attached hydrogens (tertiary/aromatic N) is 3. The molecule has 0 aliphatic heterocycles. The summed E-state index contributed by atoms with van der Waals surface area (Å²) in [4.78, 5) is 12.6. The van der Waals surface area contributed by atoms with Gasteiger partial charge in [0.2, 0.25) is 12.3 Å². The van der Waals surface area contributed by atoms with Gasteiger partial charge in [0.1, 0.15) is 0 Å². The van der Waals surface area contributed by atoms with Crippen LogP contribution in [0.4, 0.5) is 22.9 Å². The first kappa shape index (κ1) is 13.8. The summed E-state index contributed by atoms with van der Waals surface area (Å²) in [6.07, 6.45) is 2.23. The van der Waals surface area contributed by atoms with E-state index in [2.05, 4.69) is 10.2 Å². The van der Waals surface area contributed by atoms with E-state index < -0.39 is 0 Å². The summed E-state index contributed by atoms with van der Waals surface area (Å²) >= 11 is 0. The SMILES string of the molecule is O=CN(c1ccc(N=Nc2ccccc2)cc1)c1ccco1. The van der Waals surface area contributed by atoms with Crippen molar-refractivity contribution in [2.75, 3.05) is 4.90 Å². The smallest absolute Gasteiger partial charge is 0.221 e. The molecule has 0 spiro atoms. The molecule has 22 heavy (non-hydrogen) atoms. The van der Waals surface area contributed by atoms with E-state index in [0.29, 0.717) is 23.7 Å². The van der Waals surface area contributed by atoms with Gasteiger partial charge < -0.3 is 4.42 Å². The van der Waals surface area contributed by atoms with Crippen molar-refractivity contribution in [2.45, 2.75) is 0 Å². The van der Waals surface area contributed by atoms with Crippen LogP contribution in [0.25, 0.3) is 0 Å². The summed E-state index contributed by atoms with van der Waals surface area (Å²) in [6.45, 7) is 0. The lowest BCUT2D eigenvalue weighted by Gasteiger charge is -2.13. The molecule has 3 aromatic rings. The summed E-state index contributed by atoms with van der Waals surface area (Å²) in [5, 5.41) is 8.30. The topological polar surface area (TPSA) is 58.2 Å². The Kier molecular flexibility index (Phi) is 4.06. The van der Waals surface area contributed by atoms with E-state index in [0.717, 1.165) is 5.69 Å². The van der Waals surface area contributed by atoms with Gasteiger partial charge in [0.15, 0.2) is 0 Å². The van der Waals surface area contributed by atoms with Gasteiger partial charge in [-0.15, -0.1) is 0 Å². The number of carbonyl (C=O) groups excluding carboxylic acids is 1. The van der Waals surface area contributed by atoms with Crippen LogP contribution in [0, 0.1) is 0 Å². The number of anilines is 2. The number of benzene rings is 2. The number of hydrogen-bond donors (Lipinski definition) is 0. The zero-order valence-electron chi connectivity index (χ0n) is 11.7. The van der Waals surface area contributed by atoms with Crippen LogP contribution in [0.1, 0.15) is 0 Å². The summed E-state index contributed by atoms with van der Waals surface area (Å²) in [5.74, 6) is 0.466. The van der Waals surface area contributed by atoms with Crippen molar-refractivity contribution in [3.05, 3.63) is 73.0 Å². The lowest BCUT2D eigenvalue weighted by Crippen LogP contribution is -2.12. The van der Waals surface area contributed by atoms with E-state index >= 15 is 0 Å². The molecule has 0 atom stereocenters. The van der Waals surface area contributed by atoms with E-state index in [-0.39, 0.29) is 0 Å². The summed E-state index contributed by atoms with van der Waals surface area (Å²) in [7, 11) is 0. The fraction of sp³-hybridized carbons (Fsp3) is 0. The molecule has 3 rings (SSSR count). The van der Waals surface area contributed by atoms with Crippen LogP contribution >= 0.6 is 0 Å². The molecule has 0 radical (unpaired) electrons. The normalized spacial score (nSPS) is 10.7. The Morgan fingerprint density at radius 2 is 1.50 bits per heavy atom.